The number of Topliss-reactive ketones (excluding diaryl/α,β-unsaturated/α-hetero) is 1. The molecule has 0 saturated heterocycles. The number of carbonyl (C=O) groups excluding carboxylic acids is 2. The molecule has 0 saturated carbocycles. The second-order valence-electron chi connectivity index (χ2n) is 7.87. The Morgan fingerprint density at radius 2 is 1.83 bits per heavy atom. The molecule has 5 rings (SSSR count). The van der Waals surface area contributed by atoms with Crippen LogP contribution in [0.1, 0.15) is 15.9 Å². The smallest absolute Gasteiger partial charge is 0.302 e. The van der Waals surface area contributed by atoms with E-state index in [1.807, 2.05) is 71.3 Å². The van der Waals surface area contributed by atoms with E-state index in [9.17, 15) is 9.59 Å². The highest BCUT2D eigenvalue weighted by atomic mass is 35.5. The van der Waals surface area contributed by atoms with Gasteiger partial charge in [-0.2, -0.15) is 4.98 Å². The maximum Gasteiger partial charge on any atom is 0.302 e. The van der Waals surface area contributed by atoms with Crippen molar-refractivity contribution in [2.24, 2.45) is 0 Å². The van der Waals surface area contributed by atoms with Gasteiger partial charge in [0.1, 0.15) is 17.7 Å². The third kappa shape index (κ3) is 4.67. The number of amides is 1. The summed E-state index contributed by atoms with van der Waals surface area (Å²) in [5.74, 6) is -0.978. The molecule has 8 heteroatoms. The fraction of sp³-hybridized carbons (Fsp3) is 0.0741. The van der Waals surface area contributed by atoms with Crippen LogP contribution in [0.4, 0.5) is 6.01 Å². The van der Waals surface area contributed by atoms with Gasteiger partial charge in [0.25, 0.3) is 11.7 Å². The lowest BCUT2D eigenvalue weighted by Gasteiger charge is -2.06. The Morgan fingerprint density at radius 3 is 2.57 bits per heavy atom. The number of rotatable bonds is 7. The number of fused-ring (bicyclic) bond motifs is 1. The van der Waals surface area contributed by atoms with Crippen LogP contribution in [-0.2, 0) is 11.3 Å². The van der Waals surface area contributed by atoms with Crippen molar-refractivity contribution in [3.05, 3.63) is 101 Å². The number of oxazole rings is 1. The van der Waals surface area contributed by atoms with Gasteiger partial charge in [-0.3, -0.25) is 14.9 Å². The van der Waals surface area contributed by atoms with Crippen LogP contribution >= 0.6 is 11.6 Å². The minimum absolute atomic E-state index is 0.0512. The molecular weight excluding hydrogens is 466 g/mol. The van der Waals surface area contributed by atoms with E-state index in [4.69, 9.17) is 20.8 Å². The van der Waals surface area contributed by atoms with Gasteiger partial charge in [-0.1, -0.05) is 54.1 Å². The molecule has 0 unspecified atom stereocenters. The second kappa shape index (κ2) is 9.48. The van der Waals surface area contributed by atoms with Gasteiger partial charge >= 0.3 is 6.01 Å². The molecule has 0 aliphatic carbocycles. The molecule has 5 aromatic rings. The number of nitrogens with zero attached hydrogens (tertiary/aromatic N) is 2. The van der Waals surface area contributed by atoms with E-state index >= 15 is 0 Å². The van der Waals surface area contributed by atoms with Crippen molar-refractivity contribution in [2.75, 3.05) is 12.4 Å². The van der Waals surface area contributed by atoms with Gasteiger partial charge in [0, 0.05) is 34.2 Å². The molecule has 3 aromatic carbocycles. The molecule has 0 bridgehead atoms. The lowest BCUT2D eigenvalue weighted by molar-refractivity contribution is -0.112. The highest BCUT2D eigenvalue weighted by Crippen LogP contribution is 2.28. The van der Waals surface area contributed by atoms with Gasteiger partial charge < -0.3 is 13.7 Å². The standard InChI is InChI=1S/C27H20ClN3O4/c1-34-20-11-12-24-21(13-20)22(15-31(24)14-17-7-9-19(28)10-8-17)25(32)26(33)30-27-29-23(16-35-27)18-5-3-2-4-6-18/h2-13,15-16H,14H2,1H3,(H,29,30,33). The van der Waals surface area contributed by atoms with Crippen LogP contribution in [0.15, 0.2) is 89.7 Å². The van der Waals surface area contributed by atoms with Crippen LogP contribution in [0, 0.1) is 0 Å². The molecule has 7 nitrogen and oxygen atoms in total. The Kier molecular flexibility index (Phi) is 6.08. The molecule has 1 N–H and O–H groups in total. The summed E-state index contributed by atoms with van der Waals surface area (Å²) in [6, 6.07) is 22.2. The Bertz CT molecular complexity index is 1520. The fourth-order valence-corrected chi connectivity index (χ4v) is 3.98. The Hall–Kier alpha value is -4.36. The van der Waals surface area contributed by atoms with Crippen molar-refractivity contribution in [1.82, 2.24) is 9.55 Å². The lowest BCUT2D eigenvalue weighted by atomic mass is 10.1. The van der Waals surface area contributed by atoms with Crippen LogP contribution in [0.2, 0.25) is 5.02 Å². The zero-order chi connectivity index (χ0) is 24.4. The summed E-state index contributed by atoms with van der Waals surface area (Å²) in [7, 11) is 1.55. The van der Waals surface area contributed by atoms with E-state index in [2.05, 4.69) is 10.3 Å². The largest absolute Gasteiger partial charge is 0.497 e. The highest BCUT2D eigenvalue weighted by Gasteiger charge is 2.24. The van der Waals surface area contributed by atoms with Gasteiger partial charge in [0.2, 0.25) is 0 Å². The van der Waals surface area contributed by atoms with E-state index in [1.54, 1.807) is 19.4 Å². The number of nitrogens with one attached hydrogen (secondary N) is 1. The van der Waals surface area contributed by atoms with Gasteiger partial charge in [0.05, 0.1) is 12.7 Å². The average Bonchev–Trinajstić information content (AvgIpc) is 3.50. The molecule has 0 atom stereocenters. The van der Waals surface area contributed by atoms with Crippen LogP contribution in [0.3, 0.4) is 0 Å². The number of ketones is 1. The van der Waals surface area contributed by atoms with E-state index in [0.717, 1.165) is 16.6 Å². The monoisotopic (exact) mass is 485 g/mol. The molecule has 35 heavy (non-hydrogen) atoms. The first-order valence-electron chi connectivity index (χ1n) is 10.8. The zero-order valence-electron chi connectivity index (χ0n) is 18.7. The maximum atomic E-state index is 13.2. The van der Waals surface area contributed by atoms with E-state index < -0.39 is 11.7 Å². The van der Waals surface area contributed by atoms with E-state index in [-0.39, 0.29) is 11.6 Å². The quantitative estimate of drug-likeness (QED) is 0.231. The molecular formula is C27H20ClN3O4. The number of hydrogen-bond acceptors (Lipinski definition) is 5. The zero-order valence-corrected chi connectivity index (χ0v) is 19.5. The van der Waals surface area contributed by atoms with Crippen LogP contribution in [-0.4, -0.2) is 28.4 Å². The van der Waals surface area contributed by atoms with E-state index in [0.29, 0.717) is 28.4 Å². The summed E-state index contributed by atoms with van der Waals surface area (Å²) in [6.45, 7) is 0.495. The molecule has 0 spiro atoms. The van der Waals surface area contributed by atoms with Crippen LogP contribution in [0.25, 0.3) is 22.2 Å². The van der Waals surface area contributed by atoms with Crippen molar-refractivity contribution in [3.63, 3.8) is 0 Å². The number of benzene rings is 3. The van der Waals surface area contributed by atoms with Crippen molar-refractivity contribution < 1.29 is 18.7 Å². The molecule has 0 aliphatic rings. The SMILES string of the molecule is COc1ccc2c(c1)c(C(=O)C(=O)Nc1nc(-c3ccccc3)co1)cn2Cc1ccc(Cl)cc1. The van der Waals surface area contributed by atoms with Crippen molar-refractivity contribution in [1.29, 1.82) is 0 Å². The normalized spacial score (nSPS) is 10.9. The number of anilines is 1. The Balaban J connectivity index is 1.44. The molecule has 2 aromatic heterocycles. The number of aromatic nitrogens is 2. The van der Waals surface area contributed by atoms with Gasteiger partial charge in [0.15, 0.2) is 0 Å². The fourth-order valence-electron chi connectivity index (χ4n) is 3.85. The summed E-state index contributed by atoms with van der Waals surface area (Å²) in [5.41, 5.74) is 3.43. The molecule has 1 amide bonds. The summed E-state index contributed by atoms with van der Waals surface area (Å²) in [6.07, 6.45) is 3.10. The molecule has 174 valence electrons. The number of methoxy groups -OCH3 is 1. The minimum atomic E-state index is -0.847. The number of carbonyl (C=O) groups is 2. The Labute approximate surface area is 205 Å². The molecule has 2 heterocycles. The predicted octanol–water partition coefficient (Wildman–Crippen LogP) is 5.83. The molecule has 0 fully saturated rings. The van der Waals surface area contributed by atoms with Gasteiger partial charge in [-0.05, 0) is 35.9 Å². The lowest BCUT2D eigenvalue weighted by Crippen LogP contribution is -2.23. The third-order valence-electron chi connectivity index (χ3n) is 5.60. The summed E-state index contributed by atoms with van der Waals surface area (Å²) in [4.78, 5) is 30.3. The van der Waals surface area contributed by atoms with Crippen LogP contribution < -0.4 is 10.1 Å². The summed E-state index contributed by atoms with van der Waals surface area (Å²) < 4.78 is 12.6. The molecule has 0 radical (unpaired) electrons. The number of halogens is 1. The van der Waals surface area contributed by atoms with E-state index in [1.165, 1.54) is 6.26 Å². The predicted molar refractivity (Wildman–Crippen MR) is 134 cm³/mol. The molecule has 0 aliphatic heterocycles. The first-order chi connectivity index (χ1) is 17.0. The first kappa shape index (κ1) is 22.4. The average molecular weight is 486 g/mol. The van der Waals surface area contributed by atoms with Crippen LogP contribution in [0.5, 0.6) is 5.75 Å². The third-order valence-corrected chi connectivity index (χ3v) is 5.85. The van der Waals surface area contributed by atoms with Gasteiger partial charge in [-0.25, -0.2) is 0 Å². The first-order valence-corrected chi connectivity index (χ1v) is 11.2. The van der Waals surface area contributed by atoms with Crippen molar-refractivity contribution >= 4 is 40.2 Å². The number of ether oxygens (including phenoxy) is 1. The second-order valence-corrected chi connectivity index (χ2v) is 8.30. The number of hydrogen-bond donors (Lipinski definition) is 1. The summed E-state index contributed by atoms with van der Waals surface area (Å²) in [5, 5.41) is 3.72. The summed E-state index contributed by atoms with van der Waals surface area (Å²) >= 11 is 6.00. The topological polar surface area (TPSA) is 86.4 Å². The van der Waals surface area contributed by atoms with Crippen molar-refractivity contribution in [2.45, 2.75) is 6.54 Å². The minimum Gasteiger partial charge on any atom is -0.497 e. The maximum absolute atomic E-state index is 13.2. The van der Waals surface area contributed by atoms with Gasteiger partial charge in [-0.15, -0.1) is 0 Å². The Morgan fingerprint density at radius 1 is 1.06 bits per heavy atom. The van der Waals surface area contributed by atoms with Crippen molar-refractivity contribution in [3.8, 4) is 17.0 Å². The highest BCUT2D eigenvalue weighted by molar-refractivity contribution is 6.48.